The Balaban J connectivity index is 2.53. The highest BCUT2D eigenvalue weighted by Crippen LogP contribution is 2.15. The van der Waals surface area contributed by atoms with Crippen LogP contribution in [0.5, 0.6) is 0 Å². The van der Waals surface area contributed by atoms with Crippen LogP contribution in [0.15, 0.2) is 30.3 Å². The number of urea groups is 1. The molecule has 3 heteroatoms. The lowest BCUT2D eigenvalue weighted by Gasteiger charge is -2.17. The SMILES string of the molecule is C#CC[C@H](NC(=O)NCCCC)c1ccccc1. The highest BCUT2D eigenvalue weighted by Gasteiger charge is 2.12. The van der Waals surface area contributed by atoms with Crippen LogP contribution in [0.4, 0.5) is 4.79 Å². The third kappa shape index (κ3) is 4.92. The van der Waals surface area contributed by atoms with E-state index in [-0.39, 0.29) is 12.1 Å². The number of rotatable bonds is 6. The summed E-state index contributed by atoms with van der Waals surface area (Å²) in [5.74, 6) is 2.60. The van der Waals surface area contributed by atoms with Gasteiger partial charge in [-0.2, -0.15) is 0 Å². The standard InChI is InChI=1S/C15H20N2O/c1-3-5-12-16-15(18)17-14(9-4-2)13-10-7-6-8-11-13/h2,6-8,10-11,14H,3,5,9,12H2,1H3,(H2,16,17,18)/t14-/m0/s1. The van der Waals surface area contributed by atoms with Crippen LogP contribution in [0.25, 0.3) is 0 Å². The van der Waals surface area contributed by atoms with E-state index in [1.54, 1.807) is 0 Å². The highest BCUT2D eigenvalue weighted by molar-refractivity contribution is 5.74. The molecule has 0 saturated carbocycles. The predicted molar refractivity (Wildman–Crippen MR) is 74.1 cm³/mol. The number of carbonyl (C=O) groups is 1. The Labute approximate surface area is 109 Å². The molecule has 0 aliphatic heterocycles. The summed E-state index contributed by atoms with van der Waals surface area (Å²) in [6.45, 7) is 2.78. The normalized spacial score (nSPS) is 11.3. The Kier molecular flexibility index (Phi) is 6.42. The van der Waals surface area contributed by atoms with E-state index in [0.717, 1.165) is 18.4 Å². The van der Waals surface area contributed by atoms with Gasteiger partial charge in [-0.05, 0) is 12.0 Å². The van der Waals surface area contributed by atoms with Gasteiger partial charge in [0.2, 0.25) is 0 Å². The third-order valence-electron chi connectivity index (χ3n) is 2.65. The number of carbonyl (C=O) groups excluding carboxylic acids is 1. The lowest BCUT2D eigenvalue weighted by atomic mass is 10.0. The van der Waals surface area contributed by atoms with E-state index >= 15 is 0 Å². The van der Waals surface area contributed by atoms with Crippen LogP contribution in [0.3, 0.4) is 0 Å². The number of terminal acetylenes is 1. The smallest absolute Gasteiger partial charge is 0.315 e. The minimum Gasteiger partial charge on any atom is -0.338 e. The number of benzene rings is 1. The van der Waals surface area contributed by atoms with Gasteiger partial charge in [0, 0.05) is 13.0 Å². The van der Waals surface area contributed by atoms with Crippen molar-refractivity contribution in [1.29, 1.82) is 0 Å². The Morgan fingerprint density at radius 2 is 2.11 bits per heavy atom. The number of unbranched alkanes of at least 4 members (excludes halogenated alkanes) is 1. The molecule has 0 unspecified atom stereocenters. The lowest BCUT2D eigenvalue weighted by Crippen LogP contribution is -2.38. The van der Waals surface area contributed by atoms with Crippen LogP contribution in [-0.2, 0) is 0 Å². The zero-order valence-corrected chi connectivity index (χ0v) is 10.8. The second-order valence-electron chi connectivity index (χ2n) is 4.13. The molecule has 0 spiro atoms. The molecule has 3 nitrogen and oxygen atoms in total. The first kappa shape index (κ1) is 14.1. The van der Waals surface area contributed by atoms with Crippen molar-refractivity contribution in [2.75, 3.05) is 6.54 Å². The average molecular weight is 244 g/mol. The maximum Gasteiger partial charge on any atom is 0.315 e. The fourth-order valence-electron chi connectivity index (χ4n) is 1.64. The second-order valence-corrected chi connectivity index (χ2v) is 4.13. The molecule has 1 aromatic rings. The van der Waals surface area contributed by atoms with Gasteiger partial charge in [0.25, 0.3) is 0 Å². The Morgan fingerprint density at radius 1 is 1.39 bits per heavy atom. The van der Waals surface area contributed by atoms with Gasteiger partial charge in [0.1, 0.15) is 0 Å². The van der Waals surface area contributed by atoms with Gasteiger partial charge in [-0.1, -0.05) is 43.7 Å². The summed E-state index contributed by atoms with van der Waals surface area (Å²) in [7, 11) is 0. The molecular weight excluding hydrogens is 224 g/mol. The minimum absolute atomic E-state index is 0.127. The molecule has 0 aromatic heterocycles. The Hall–Kier alpha value is -1.95. The summed E-state index contributed by atoms with van der Waals surface area (Å²) in [6, 6.07) is 9.47. The number of amides is 2. The van der Waals surface area contributed by atoms with Crippen LogP contribution in [0.1, 0.15) is 37.8 Å². The fourth-order valence-corrected chi connectivity index (χ4v) is 1.64. The van der Waals surface area contributed by atoms with Gasteiger partial charge >= 0.3 is 6.03 Å². The van der Waals surface area contributed by atoms with E-state index in [2.05, 4.69) is 23.5 Å². The summed E-state index contributed by atoms with van der Waals surface area (Å²) in [5, 5.41) is 5.72. The van der Waals surface area contributed by atoms with Crippen molar-refractivity contribution in [1.82, 2.24) is 10.6 Å². The van der Waals surface area contributed by atoms with Crippen molar-refractivity contribution in [2.24, 2.45) is 0 Å². The van der Waals surface area contributed by atoms with Gasteiger partial charge < -0.3 is 10.6 Å². The predicted octanol–water partition coefficient (Wildman–Crippen LogP) is 2.85. The molecule has 0 aliphatic rings. The van der Waals surface area contributed by atoms with Crippen molar-refractivity contribution >= 4 is 6.03 Å². The zero-order chi connectivity index (χ0) is 13.2. The van der Waals surface area contributed by atoms with Crippen molar-refractivity contribution in [3.05, 3.63) is 35.9 Å². The van der Waals surface area contributed by atoms with Crippen LogP contribution >= 0.6 is 0 Å². The van der Waals surface area contributed by atoms with E-state index in [1.807, 2.05) is 30.3 Å². The molecule has 1 atom stereocenters. The van der Waals surface area contributed by atoms with E-state index in [4.69, 9.17) is 6.42 Å². The topological polar surface area (TPSA) is 41.1 Å². The summed E-state index contributed by atoms with van der Waals surface area (Å²) in [6.07, 6.45) is 7.88. The summed E-state index contributed by atoms with van der Waals surface area (Å²) < 4.78 is 0. The monoisotopic (exact) mass is 244 g/mol. The maximum atomic E-state index is 11.7. The third-order valence-corrected chi connectivity index (χ3v) is 2.65. The molecule has 0 radical (unpaired) electrons. The van der Waals surface area contributed by atoms with Gasteiger partial charge in [-0.25, -0.2) is 4.79 Å². The molecule has 0 saturated heterocycles. The minimum atomic E-state index is -0.160. The first-order valence-electron chi connectivity index (χ1n) is 6.30. The fraction of sp³-hybridized carbons (Fsp3) is 0.400. The summed E-state index contributed by atoms with van der Waals surface area (Å²) in [5.41, 5.74) is 1.03. The van der Waals surface area contributed by atoms with Crippen LogP contribution in [0, 0.1) is 12.3 Å². The van der Waals surface area contributed by atoms with Gasteiger partial charge in [-0.3, -0.25) is 0 Å². The molecule has 0 heterocycles. The van der Waals surface area contributed by atoms with E-state index in [9.17, 15) is 4.79 Å². The maximum absolute atomic E-state index is 11.7. The molecule has 96 valence electrons. The molecule has 0 bridgehead atoms. The van der Waals surface area contributed by atoms with Gasteiger partial charge in [0.15, 0.2) is 0 Å². The van der Waals surface area contributed by atoms with E-state index in [0.29, 0.717) is 13.0 Å². The largest absolute Gasteiger partial charge is 0.338 e. The molecule has 18 heavy (non-hydrogen) atoms. The number of hydrogen-bond donors (Lipinski definition) is 2. The van der Waals surface area contributed by atoms with Crippen LogP contribution in [-0.4, -0.2) is 12.6 Å². The summed E-state index contributed by atoms with van der Waals surface area (Å²) >= 11 is 0. The van der Waals surface area contributed by atoms with Crippen molar-refractivity contribution in [3.8, 4) is 12.3 Å². The van der Waals surface area contributed by atoms with Crippen LogP contribution < -0.4 is 10.6 Å². The first-order valence-corrected chi connectivity index (χ1v) is 6.30. The number of nitrogens with one attached hydrogen (secondary N) is 2. The lowest BCUT2D eigenvalue weighted by molar-refractivity contribution is 0.237. The second kappa shape index (κ2) is 8.19. The van der Waals surface area contributed by atoms with E-state index < -0.39 is 0 Å². The Morgan fingerprint density at radius 3 is 2.72 bits per heavy atom. The van der Waals surface area contributed by atoms with Crippen molar-refractivity contribution < 1.29 is 4.79 Å². The zero-order valence-electron chi connectivity index (χ0n) is 10.8. The quantitative estimate of drug-likeness (QED) is 0.586. The average Bonchev–Trinajstić information content (AvgIpc) is 2.39. The van der Waals surface area contributed by atoms with Gasteiger partial charge in [0.05, 0.1) is 6.04 Å². The molecule has 0 aliphatic carbocycles. The molecule has 2 amide bonds. The van der Waals surface area contributed by atoms with Crippen molar-refractivity contribution in [3.63, 3.8) is 0 Å². The highest BCUT2D eigenvalue weighted by atomic mass is 16.2. The molecule has 1 aromatic carbocycles. The molecule has 0 fully saturated rings. The van der Waals surface area contributed by atoms with E-state index in [1.165, 1.54) is 0 Å². The molecule has 2 N–H and O–H groups in total. The summed E-state index contributed by atoms with van der Waals surface area (Å²) in [4.78, 5) is 11.7. The van der Waals surface area contributed by atoms with Crippen molar-refractivity contribution in [2.45, 2.75) is 32.2 Å². The Bertz CT molecular complexity index is 395. The first-order chi connectivity index (χ1) is 8.77. The van der Waals surface area contributed by atoms with Gasteiger partial charge in [-0.15, -0.1) is 12.3 Å². The molecular formula is C15H20N2O. The molecule has 1 rings (SSSR count). The number of hydrogen-bond acceptors (Lipinski definition) is 1. The van der Waals surface area contributed by atoms with Crippen LogP contribution in [0.2, 0.25) is 0 Å².